The average Bonchev–Trinajstić information content (AvgIpc) is 3.13. The molecule has 17 heavy (non-hydrogen) atoms. The van der Waals surface area contributed by atoms with Crippen molar-refractivity contribution in [3.63, 3.8) is 0 Å². The van der Waals surface area contributed by atoms with Gasteiger partial charge in [0.2, 0.25) is 0 Å². The maximum atomic E-state index is 9.65. The molecule has 2 rings (SSSR count). The van der Waals surface area contributed by atoms with Gasteiger partial charge in [-0.3, -0.25) is 0 Å². The number of ether oxygens (including phenoxy) is 1. The van der Waals surface area contributed by atoms with E-state index in [2.05, 4.69) is 21.2 Å². The van der Waals surface area contributed by atoms with Gasteiger partial charge in [-0.05, 0) is 30.5 Å². The number of hydrogen-bond donors (Lipinski definition) is 2. The minimum Gasteiger partial charge on any atom is -0.389 e. The van der Waals surface area contributed by atoms with E-state index in [0.717, 1.165) is 10.0 Å². The van der Waals surface area contributed by atoms with Gasteiger partial charge < -0.3 is 15.2 Å². The van der Waals surface area contributed by atoms with Crippen molar-refractivity contribution in [1.29, 1.82) is 0 Å². The van der Waals surface area contributed by atoms with Crippen LogP contribution in [0.3, 0.4) is 0 Å². The van der Waals surface area contributed by atoms with Gasteiger partial charge in [0.15, 0.2) is 0 Å². The SMILES string of the molecule is OC(CNC1CC1)COCc1ccc(Br)cc1. The molecule has 0 bridgehead atoms. The lowest BCUT2D eigenvalue weighted by Crippen LogP contribution is -2.31. The van der Waals surface area contributed by atoms with Crippen molar-refractivity contribution in [2.24, 2.45) is 0 Å². The van der Waals surface area contributed by atoms with Gasteiger partial charge in [0.05, 0.1) is 19.3 Å². The Morgan fingerprint density at radius 2 is 2.06 bits per heavy atom. The molecule has 1 aliphatic carbocycles. The average molecular weight is 300 g/mol. The molecule has 4 heteroatoms. The summed E-state index contributed by atoms with van der Waals surface area (Å²) in [7, 11) is 0. The van der Waals surface area contributed by atoms with E-state index < -0.39 is 6.10 Å². The number of aliphatic hydroxyl groups is 1. The second-order valence-corrected chi connectivity index (χ2v) is 5.39. The molecule has 2 N–H and O–H groups in total. The summed E-state index contributed by atoms with van der Waals surface area (Å²) >= 11 is 3.39. The Morgan fingerprint density at radius 1 is 1.35 bits per heavy atom. The molecule has 0 aromatic heterocycles. The molecule has 0 radical (unpaired) electrons. The van der Waals surface area contributed by atoms with Crippen LogP contribution in [0.25, 0.3) is 0 Å². The van der Waals surface area contributed by atoms with Crippen LogP contribution in [-0.4, -0.2) is 30.4 Å². The maximum absolute atomic E-state index is 9.65. The predicted octanol–water partition coefficient (Wildman–Crippen LogP) is 2.08. The van der Waals surface area contributed by atoms with Crippen LogP contribution >= 0.6 is 15.9 Å². The Morgan fingerprint density at radius 3 is 2.71 bits per heavy atom. The molecule has 1 atom stereocenters. The third-order valence-electron chi connectivity index (χ3n) is 2.71. The number of hydrogen-bond acceptors (Lipinski definition) is 3. The van der Waals surface area contributed by atoms with Gasteiger partial charge in [-0.1, -0.05) is 28.1 Å². The molecule has 0 spiro atoms. The molecule has 0 saturated heterocycles. The van der Waals surface area contributed by atoms with E-state index in [1.165, 1.54) is 12.8 Å². The Hall–Kier alpha value is -0.420. The van der Waals surface area contributed by atoms with E-state index in [4.69, 9.17) is 4.74 Å². The van der Waals surface area contributed by atoms with Gasteiger partial charge in [-0.15, -0.1) is 0 Å². The fourth-order valence-electron chi connectivity index (χ4n) is 1.54. The molecule has 94 valence electrons. The fourth-order valence-corrected chi connectivity index (χ4v) is 1.81. The first-order valence-corrected chi connectivity index (χ1v) is 6.77. The first kappa shape index (κ1) is 13.0. The van der Waals surface area contributed by atoms with Gasteiger partial charge in [-0.2, -0.15) is 0 Å². The largest absolute Gasteiger partial charge is 0.389 e. The van der Waals surface area contributed by atoms with Crippen molar-refractivity contribution in [3.8, 4) is 0 Å². The number of aliphatic hydroxyl groups excluding tert-OH is 1. The van der Waals surface area contributed by atoms with E-state index in [1.807, 2.05) is 24.3 Å². The summed E-state index contributed by atoms with van der Waals surface area (Å²) in [4.78, 5) is 0. The predicted molar refractivity (Wildman–Crippen MR) is 70.8 cm³/mol. The summed E-state index contributed by atoms with van der Waals surface area (Å²) < 4.78 is 6.53. The Bertz CT molecular complexity index is 338. The van der Waals surface area contributed by atoms with Gasteiger partial charge in [-0.25, -0.2) is 0 Å². The molecule has 1 aromatic carbocycles. The second-order valence-electron chi connectivity index (χ2n) is 4.48. The van der Waals surface area contributed by atoms with Gasteiger partial charge in [0.25, 0.3) is 0 Å². The molecule has 0 amide bonds. The zero-order valence-electron chi connectivity index (χ0n) is 9.73. The molecular weight excluding hydrogens is 282 g/mol. The summed E-state index contributed by atoms with van der Waals surface area (Å²) in [5.74, 6) is 0. The van der Waals surface area contributed by atoms with Crippen molar-refractivity contribution in [2.75, 3.05) is 13.2 Å². The monoisotopic (exact) mass is 299 g/mol. The van der Waals surface area contributed by atoms with Crippen LogP contribution < -0.4 is 5.32 Å². The van der Waals surface area contributed by atoms with Gasteiger partial charge >= 0.3 is 0 Å². The van der Waals surface area contributed by atoms with E-state index in [1.54, 1.807) is 0 Å². The number of halogens is 1. The van der Waals surface area contributed by atoms with Crippen LogP contribution in [0.1, 0.15) is 18.4 Å². The zero-order valence-corrected chi connectivity index (χ0v) is 11.3. The molecule has 1 unspecified atom stereocenters. The summed E-state index contributed by atoms with van der Waals surface area (Å²) in [6.45, 7) is 1.56. The van der Waals surface area contributed by atoms with Gasteiger partial charge in [0.1, 0.15) is 0 Å². The molecule has 0 aliphatic heterocycles. The highest BCUT2D eigenvalue weighted by Crippen LogP contribution is 2.18. The van der Waals surface area contributed by atoms with Crippen molar-refractivity contribution in [3.05, 3.63) is 34.3 Å². The molecule has 3 nitrogen and oxygen atoms in total. The Kier molecular flexibility index (Phi) is 4.98. The third kappa shape index (κ3) is 5.17. The lowest BCUT2D eigenvalue weighted by Gasteiger charge is -2.12. The molecule has 1 aromatic rings. The summed E-state index contributed by atoms with van der Waals surface area (Å²) in [5.41, 5.74) is 1.12. The summed E-state index contributed by atoms with van der Waals surface area (Å²) in [6, 6.07) is 8.64. The number of nitrogens with one attached hydrogen (secondary N) is 1. The lowest BCUT2D eigenvalue weighted by atomic mass is 10.2. The smallest absolute Gasteiger partial charge is 0.0897 e. The molecular formula is C13H18BrNO2. The molecule has 0 heterocycles. The fraction of sp³-hybridized carbons (Fsp3) is 0.538. The number of benzene rings is 1. The molecule has 1 fully saturated rings. The number of rotatable bonds is 7. The minimum absolute atomic E-state index is 0.385. The Balaban J connectivity index is 1.59. The third-order valence-corrected chi connectivity index (χ3v) is 3.24. The summed E-state index contributed by atoms with van der Waals surface area (Å²) in [6.07, 6.45) is 2.07. The highest BCUT2D eigenvalue weighted by Gasteiger charge is 2.21. The molecule has 1 saturated carbocycles. The standard InChI is InChI=1S/C13H18BrNO2/c14-11-3-1-10(2-4-11)8-17-9-13(16)7-15-12-5-6-12/h1-4,12-13,15-16H,5-9H2. The van der Waals surface area contributed by atoms with Crippen LogP contribution in [0.15, 0.2) is 28.7 Å². The van der Waals surface area contributed by atoms with Crippen LogP contribution in [0.5, 0.6) is 0 Å². The van der Waals surface area contributed by atoms with E-state index >= 15 is 0 Å². The second kappa shape index (κ2) is 6.50. The molecule has 1 aliphatic rings. The highest BCUT2D eigenvalue weighted by molar-refractivity contribution is 9.10. The van der Waals surface area contributed by atoms with Gasteiger partial charge in [0, 0.05) is 17.1 Å². The van der Waals surface area contributed by atoms with E-state index in [-0.39, 0.29) is 0 Å². The van der Waals surface area contributed by atoms with E-state index in [9.17, 15) is 5.11 Å². The van der Waals surface area contributed by atoms with Crippen molar-refractivity contribution >= 4 is 15.9 Å². The minimum atomic E-state index is -0.411. The first-order valence-electron chi connectivity index (χ1n) is 5.97. The lowest BCUT2D eigenvalue weighted by molar-refractivity contribution is 0.0287. The maximum Gasteiger partial charge on any atom is 0.0897 e. The van der Waals surface area contributed by atoms with Crippen molar-refractivity contribution in [2.45, 2.75) is 31.6 Å². The highest BCUT2D eigenvalue weighted by atomic mass is 79.9. The van der Waals surface area contributed by atoms with Crippen LogP contribution in [0, 0.1) is 0 Å². The van der Waals surface area contributed by atoms with Crippen LogP contribution in [-0.2, 0) is 11.3 Å². The van der Waals surface area contributed by atoms with Crippen molar-refractivity contribution < 1.29 is 9.84 Å². The van der Waals surface area contributed by atoms with E-state index in [0.29, 0.717) is 25.8 Å². The zero-order chi connectivity index (χ0) is 12.1. The normalized spacial score (nSPS) is 17.1. The first-order chi connectivity index (χ1) is 8.24. The quantitative estimate of drug-likeness (QED) is 0.810. The van der Waals surface area contributed by atoms with Crippen LogP contribution in [0.4, 0.5) is 0 Å². The topological polar surface area (TPSA) is 41.5 Å². The van der Waals surface area contributed by atoms with Crippen LogP contribution in [0.2, 0.25) is 0 Å². The summed E-state index contributed by atoms with van der Waals surface area (Å²) in [5, 5.41) is 12.9. The Labute approximate surface area is 110 Å². The van der Waals surface area contributed by atoms with Crippen molar-refractivity contribution in [1.82, 2.24) is 5.32 Å².